The molecule has 1 amide bonds. The van der Waals surface area contributed by atoms with Crippen LogP contribution in [0.3, 0.4) is 0 Å². The molecule has 1 rings (SSSR count). The van der Waals surface area contributed by atoms with Gasteiger partial charge in [0.2, 0.25) is 5.91 Å². The van der Waals surface area contributed by atoms with Crippen LogP contribution < -0.4 is 5.73 Å². The molecule has 0 aromatic heterocycles. The van der Waals surface area contributed by atoms with Gasteiger partial charge in [-0.25, -0.2) is 0 Å². The number of halogens is 1. The van der Waals surface area contributed by atoms with Gasteiger partial charge < -0.3 is 10.5 Å². The first-order valence-corrected chi connectivity index (χ1v) is 8.17. The third-order valence-corrected chi connectivity index (χ3v) is 3.98. The Balaban J connectivity index is 2.70. The van der Waals surface area contributed by atoms with Crippen molar-refractivity contribution >= 4 is 17.5 Å². The Morgan fingerprint density at radius 2 is 1.90 bits per heavy atom. The van der Waals surface area contributed by atoms with Crippen molar-refractivity contribution in [2.24, 2.45) is 5.73 Å². The second-order valence-electron chi connectivity index (χ2n) is 5.18. The Morgan fingerprint density at radius 3 is 2.52 bits per heavy atom. The minimum Gasteiger partial charge on any atom is -0.381 e. The lowest BCUT2D eigenvalue weighted by atomic mass is 9.93. The maximum absolute atomic E-state index is 11.4. The Kier molecular flexibility index (Phi) is 8.40. The average molecular weight is 312 g/mol. The van der Waals surface area contributed by atoms with E-state index in [9.17, 15) is 4.79 Å². The Bertz CT molecular complexity index is 448. The summed E-state index contributed by atoms with van der Waals surface area (Å²) in [5.41, 5.74) is 8.47. The molecule has 2 N–H and O–H groups in total. The van der Waals surface area contributed by atoms with Crippen molar-refractivity contribution in [3.05, 3.63) is 34.9 Å². The summed E-state index contributed by atoms with van der Waals surface area (Å²) in [6, 6.07) is 6.05. The lowest BCUT2D eigenvalue weighted by molar-refractivity contribution is -0.117. The molecule has 21 heavy (non-hydrogen) atoms. The summed E-state index contributed by atoms with van der Waals surface area (Å²) >= 11 is 6.21. The number of alkyl halides is 1. The number of primary amides is 1. The second kappa shape index (κ2) is 9.80. The summed E-state index contributed by atoms with van der Waals surface area (Å²) in [6.45, 7) is 5.76. The molecular weight excluding hydrogens is 286 g/mol. The topological polar surface area (TPSA) is 52.3 Å². The van der Waals surface area contributed by atoms with Gasteiger partial charge in [0.25, 0.3) is 0 Å². The maximum Gasteiger partial charge on any atom is 0.240 e. The van der Waals surface area contributed by atoms with Crippen LogP contribution in [-0.2, 0) is 22.4 Å². The summed E-state index contributed by atoms with van der Waals surface area (Å²) in [7, 11) is 0. The minimum atomic E-state index is -0.753. The molecule has 0 aliphatic rings. The first-order chi connectivity index (χ1) is 10.1. The van der Waals surface area contributed by atoms with E-state index in [4.69, 9.17) is 22.1 Å². The van der Waals surface area contributed by atoms with Crippen LogP contribution in [0.5, 0.6) is 0 Å². The van der Waals surface area contributed by atoms with Crippen LogP contribution in [0.25, 0.3) is 0 Å². The van der Waals surface area contributed by atoms with Crippen molar-refractivity contribution in [3.63, 3.8) is 0 Å². The van der Waals surface area contributed by atoms with Crippen LogP contribution in [0.2, 0.25) is 0 Å². The molecule has 0 heterocycles. The number of hydrogen-bond donors (Lipinski definition) is 1. The minimum absolute atomic E-state index is 0.488. The van der Waals surface area contributed by atoms with Crippen molar-refractivity contribution in [2.45, 2.75) is 51.3 Å². The van der Waals surface area contributed by atoms with Crippen molar-refractivity contribution in [1.82, 2.24) is 0 Å². The van der Waals surface area contributed by atoms with Crippen LogP contribution in [-0.4, -0.2) is 19.1 Å². The Labute approximate surface area is 132 Å². The number of rotatable bonds is 10. The molecule has 0 saturated carbocycles. The fourth-order valence-electron chi connectivity index (χ4n) is 2.37. The van der Waals surface area contributed by atoms with Gasteiger partial charge in [-0.2, -0.15) is 0 Å². The lowest BCUT2D eigenvalue weighted by Gasteiger charge is -2.17. The number of nitrogens with two attached hydrogens (primary N) is 1. The van der Waals surface area contributed by atoms with Crippen molar-refractivity contribution in [2.75, 3.05) is 13.2 Å². The van der Waals surface area contributed by atoms with E-state index in [2.05, 4.69) is 13.8 Å². The Morgan fingerprint density at radius 1 is 1.24 bits per heavy atom. The van der Waals surface area contributed by atoms with E-state index in [0.717, 1.165) is 62.0 Å². The van der Waals surface area contributed by atoms with Gasteiger partial charge in [-0.15, -0.1) is 11.6 Å². The standard InChI is InChI=1S/C17H26ClNO2/c1-3-5-11-21-12-7-10-14-9-6-8-13(4-2)15(14)16(18)17(19)20/h6,8-9,16H,3-5,7,10-12H2,1-2H3,(H2,19,20). The normalized spacial score (nSPS) is 12.3. The number of hydrogen-bond acceptors (Lipinski definition) is 2. The summed E-state index contributed by atoms with van der Waals surface area (Å²) in [5, 5.41) is -0.753. The number of carbonyl (C=O) groups excluding carboxylic acids is 1. The van der Waals surface area contributed by atoms with Crippen LogP contribution >= 0.6 is 11.6 Å². The lowest BCUT2D eigenvalue weighted by Crippen LogP contribution is -2.19. The van der Waals surface area contributed by atoms with Gasteiger partial charge >= 0.3 is 0 Å². The Hall–Kier alpha value is -1.06. The van der Waals surface area contributed by atoms with E-state index in [-0.39, 0.29) is 0 Å². The summed E-state index contributed by atoms with van der Waals surface area (Å²) in [5.74, 6) is -0.488. The molecule has 0 aliphatic carbocycles. The molecule has 1 aromatic carbocycles. The monoisotopic (exact) mass is 311 g/mol. The zero-order valence-corrected chi connectivity index (χ0v) is 13.8. The molecule has 0 radical (unpaired) electrons. The highest BCUT2D eigenvalue weighted by atomic mass is 35.5. The summed E-state index contributed by atoms with van der Waals surface area (Å²) in [6.07, 6.45) is 4.86. The average Bonchev–Trinajstić information content (AvgIpc) is 2.49. The molecule has 118 valence electrons. The predicted molar refractivity (Wildman–Crippen MR) is 87.7 cm³/mol. The summed E-state index contributed by atoms with van der Waals surface area (Å²) < 4.78 is 5.58. The van der Waals surface area contributed by atoms with E-state index in [1.807, 2.05) is 18.2 Å². The predicted octanol–water partition coefficient (Wildman–Crippen LogP) is 3.76. The smallest absolute Gasteiger partial charge is 0.240 e. The molecule has 0 saturated heterocycles. The van der Waals surface area contributed by atoms with Crippen molar-refractivity contribution < 1.29 is 9.53 Å². The van der Waals surface area contributed by atoms with Crippen molar-refractivity contribution in [1.29, 1.82) is 0 Å². The van der Waals surface area contributed by atoms with Crippen LogP contribution in [0.15, 0.2) is 18.2 Å². The maximum atomic E-state index is 11.4. The zero-order valence-electron chi connectivity index (χ0n) is 13.0. The number of ether oxygens (including phenoxy) is 1. The van der Waals surface area contributed by atoms with E-state index in [0.29, 0.717) is 0 Å². The number of aryl methyl sites for hydroxylation is 2. The number of carbonyl (C=O) groups is 1. The molecule has 1 aromatic rings. The van der Waals surface area contributed by atoms with Gasteiger partial charge in [0.15, 0.2) is 0 Å². The first-order valence-electron chi connectivity index (χ1n) is 7.73. The van der Waals surface area contributed by atoms with E-state index in [1.54, 1.807) is 0 Å². The van der Waals surface area contributed by atoms with Gasteiger partial charge in [-0.05, 0) is 42.4 Å². The molecule has 3 nitrogen and oxygen atoms in total. The SMILES string of the molecule is CCCCOCCCc1cccc(CC)c1C(Cl)C(N)=O. The fourth-order valence-corrected chi connectivity index (χ4v) is 2.65. The van der Waals surface area contributed by atoms with Crippen LogP contribution in [0.1, 0.15) is 55.2 Å². The van der Waals surface area contributed by atoms with Crippen molar-refractivity contribution in [3.8, 4) is 0 Å². The van der Waals surface area contributed by atoms with E-state index >= 15 is 0 Å². The second-order valence-corrected chi connectivity index (χ2v) is 5.61. The van der Waals surface area contributed by atoms with Gasteiger partial charge in [-0.3, -0.25) is 4.79 Å². The van der Waals surface area contributed by atoms with E-state index < -0.39 is 11.3 Å². The fraction of sp³-hybridized carbons (Fsp3) is 0.588. The molecule has 0 spiro atoms. The molecule has 1 atom stereocenters. The highest BCUT2D eigenvalue weighted by molar-refractivity contribution is 6.30. The molecular formula is C17H26ClNO2. The quantitative estimate of drug-likeness (QED) is 0.528. The third-order valence-electron chi connectivity index (χ3n) is 3.55. The molecule has 4 heteroatoms. The third kappa shape index (κ3) is 5.68. The number of amides is 1. The van der Waals surface area contributed by atoms with Gasteiger partial charge in [0.1, 0.15) is 5.38 Å². The van der Waals surface area contributed by atoms with E-state index in [1.165, 1.54) is 0 Å². The highest BCUT2D eigenvalue weighted by Gasteiger charge is 2.20. The zero-order chi connectivity index (χ0) is 15.7. The molecule has 0 fully saturated rings. The summed E-state index contributed by atoms with van der Waals surface area (Å²) in [4.78, 5) is 11.4. The largest absolute Gasteiger partial charge is 0.381 e. The van der Waals surface area contributed by atoms with Crippen LogP contribution in [0.4, 0.5) is 0 Å². The first kappa shape index (κ1) is 18.0. The van der Waals surface area contributed by atoms with Gasteiger partial charge in [0.05, 0.1) is 0 Å². The van der Waals surface area contributed by atoms with Gasteiger partial charge in [-0.1, -0.05) is 38.5 Å². The number of unbranched alkanes of at least 4 members (excludes halogenated alkanes) is 1. The molecule has 0 bridgehead atoms. The molecule has 0 aliphatic heterocycles. The van der Waals surface area contributed by atoms with Crippen LogP contribution in [0, 0.1) is 0 Å². The highest BCUT2D eigenvalue weighted by Crippen LogP contribution is 2.29. The number of benzene rings is 1. The molecule has 1 unspecified atom stereocenters. The van der Waals surface area contributed by atoms with Gasteiger partial charge in [0, 0.05) is 13.2 Å².